The molecule has 0 aromatic heterocycles. The average molecular weight is 207 g/mol. The number of ether oxygens (including phenoxy) is 1. The highest BCUT2D eigenvalue weighted by Crippen LogP contribution is 2.11. The normalized spacial score (nSPS) is 12.7. The van der Waals surface area contributed by atoms with Gasteiger partial charge in [-0.1, -0.05) is 0 Å². The zero-order valence-corrected chi connectivity index (χ0v) is 9.65. The van der Waals surface area contributed by atoms with Crippen LogP contribution in [0.5, 0.6) is 5.75 Å². The van der Waals surface area contributed by atoms with Crippen LogP contribution in [-0.4, -0.2) is 23.6 Å². The molecule has 0 aliphatic carbocycles. The van der Waals surface area contributed by atoms with Gasteiger partial charge >= 0.3 is 0 Å². The van der Waals surface area contributed by atoms with Crippen molar-refractivity contribution in [3.8, 4) is 5.75 Å². The molecular formula is C12H17NO2. The third kappa shape index (κ3) is 3.27. The Morgan fingerprint density at radius 3 is 2.13 bits per heavy atom. The predicted octanol–water partition coefficient (Wildman–Crippen LogP) is 2.42. The Kier molecular flexibility index (Phi) is 3.35. The molecule has 0 heterocycles. The maximum absolute atomic E-state index is 11.6. The minimum absolute atomic E-state index is 0.403. The van der Waals surface area contributed by atoms with Gasteiger partial charge in [0.15, 0.2) is 11.8 Å². The Bertz CT molecular complexity index is 347. The highest BCUT2D eigenvalue weighted by Gasteiger charge is 2.17. The molecular weight excluding hydrogens is 190 g/mol. The van der Waals surface area contributed by atoms with Crippen LogP contribution in [0.15, 0.2) is 24.3 Å². The number of nitrogens with zero attached hydrogens (tertiary/aromatic N) is 1. The molecule has 0 fully saturated rings. The SMILES string of the molecule is COc1ccc(C=[N+]([O-])C(C)(C)C)cc1. The second kappa shape index (κ2) is 4.34. The van der Waals surface area contributed by atoms with Gasteiger partial charge in [-0.2, -0.15) is 0 Å². The molecule has 0 radical (unpaired) electrons. The Hall–Kier alpha value is -1.51. The van der Waals surface area contributed by atoms with E-state index in [0.717, 1.165) is 16.1 Å². The zero-order chi connectivity index (χ0) is 11.5. The fourth-order valence-electron chi connectivity index (χ4n) is 1.02. The lowest BCUT2D eigenvalue weighted by molar-refractivity contribution is -0.530. The van der Waals surface area contributed by atoms with Crippen LogP contribution >= 0.6 is 0 Å². The van der Waals surface area contributed by atoms with Gasteiger partial charge in [0, 0.05) is 26.3 Å². The van der Waals surface area contributed by atoms with Crippen molar-refractivity contribution < 1.29 is 9.48 Å². The maximum atomic E-state index is 11.6. The molecule has 0 bridgehead atoms. The topological polar surface area (TPSA) is 35.3 Å². The lowest BCUT2D eigenvalue weighted by atomic mass is 10.1. The Morgan fingerprint density at radius 1 is 1.20 bits per heavy atom. The minimum Gasteiger partial charge on any atom is -0.623 e. The molecule has 0 spiro atoms. The molecule has 1 rings (SSSR count). The van der Waals surface area contributed by atoms with Crippen LogP contribution in [0.2, 0.25) is 0 Å². The van der Waals surface area contributed by atoms with Crippen molar-refractivity contribution in [2.45, 2.75) is 26.3 Å². The summed E-state index contributed by atoms with van der Waals surface area (Å²) in [6, 6.07) is 7.38. The molecule has 3 heteroatoms. The number of hydroxylamine groups is 1. The van der Waals surface area contributed by atoms with Crippen LogP contribution in [0.4, 0.5) is 0 Å². The third-order valence-electron chi connectivity index (χ3n) is 2.04. The summed E-state index contributed by atoms with van der Waals surface area (Å²) in [6.07, 6.45) is 1.58. The van der Waals surface area contributed by atoms with Crippen LogP contribution < -0.4 is 4.74 Å². The average Bonchev–Trinajstić information content (AvgIpc) is 2.17. The highest BCUT2D eigenvalue weighted by molar-refractivity contribution is 5.75. The molecule has 0 N–H and O–H groups in total. The minimum atomic E-state index is -0.403. The van der Waals surface area contributed by atoms with Crippen LogP contribution in [-0.2, 0) is 0 Å². The van der Waals surface area contributed by atoms with Gasteiger partial charge in [0.2, 0.25) is 0 Å². The summed E-state index contributed by atoms with van der Waals surface area (Å²) in [5.74, 6) is 0.792. The fourth-order valence-corrected chi connectivity index (χ4v) is 1.02. The number of hydrogen-bond acceptors (Lipinski definition) is 2. The van der Waals surface area contributed by atoms with E-state index < -0.39 is 5.54 Å². The molecule has 0 saturated carbocycles. The van der Waals surface area contributed by atoms with Crippen LogP contribution in [0, 0.1) is 5.21 Å². The molecule has 0 saturated heterocycles. The quantitative estimate of drug-likeness (QED) is 0.323. The number of benzene rings is 1. The van der Waals surface area contributed by atoms with E-state index in [0.29, 0.717) is 0 Å². The molecule has 0 aliphatic heterocycles. The predicted molar refractivity (Wildman–Crippen MR) is 61.5 cm³/mol. The van der Waals surface area contributed by atoms with Gasteiger partial charge in [0.25, 0.3) is 0 Å². The van der Waals surface area contributed by atoms with Gasteiger partial charge in [0.1, 0.15) is 5.75 Å². The van der Waals surface area contributed by atoms with Crippen LogP contribution in [0.25, 0.3) is 0 Å². The van der Waals surface area contributed by atoms with E-state index in [1.165, 1.54) is 0 Å². The molecule has 3 nitrogen and oxygen atoms in total. The second-order valence-electron chi connectivity index (χ2n) is 4.40. The van der Waals surface area contributed by atoms with E-state index >= 15 is 0 Å². The van der Waals surface area contributed by atoms with Crippen molar-refractivity contribution in [1.82, 2.24) is 0 Å². The van der Waals surface area contributed by atoms with Crippen LogP contribution in [0.3, 0.4) is 0 Å². The number of rotatable bonds is 2. The summed E-state index contributed by atoms with van der Waals surface area (Å²) in [6.45, 7) is 5.63. The fraction of sp³-hybridized carbons (Fsp3) is 0.417. The molecule has 1 aromatic rings. The Morgan fingerprint density at radius 2 is 1.73 bits per heavy atom. The maximum Gasteiger partial charge on any atom is 0.182 e. The largest absolute Gasteiger partial charge is 0.623 e. The second-order valence-corrected chi connectivity index (χ2v) is 4.40. The van der Waals surface area contributed by atoms with Crippen molar-refractivity contribution in [3.63, 3.8) is 0 Å². The van der Waals surface area contributed by atoms with Gasteiger partial charge in [0.05, 0.1) is 7.11 Å². The monoisotopic (exact) mass is 207 g/mol. The summed E-state index contributed by atoms with van der Waals surface area (Å²) >= 11 is 0. The first-order chi connectivity index (χ1) is 6.93. The molecule has 0 atom stereocenters. The van der Waals surface area contributed by atoms with E-state index in [1.54, 1.807) is 13.3 Å². The van der Waals surface area contributed by atoms with Crippen molar-refractivity contribution in [3.05, 3.63) is 35.0 Å². The van der Waals surface area contributed by atoms with E-state index in [9.17, 15) is 5.21 Å². The van der Waals surface area contributed by atoms with Crippen LogP contribution in [0.1, 0.15) is 26.3 Å². The Balaban J connectivity index is 2.89. The molecule has 1 aromatic carbocycles. The van der Waals surface area contributed by atoms with Gasteiger partial charge < -0.3 is 9.94 Å². The number of hydrogen-bond donors (Lipinski definition) is 0. The van der Waals surface area contributed by atoms with Gasteiger partial charge in [-0.15, -0.1) is 0 Å². The summed E-state index contributed by atoms with van der Waals surface area (Å²) in [4.78, 5) is 0. The van der Waals surface area contributed by atoms with Gasteiger partial charge in [-0.3, -0.25) is 0 Å². The van der Waals surface area contributed by atoms with Crippen molar-refractivity contribution in [2.24, 2.45) is 0 Å². The first-order valence-corrected chi connectivity index (χ1v) is 4.89. The first kappa shape index (κ1) is 11.6. The lowest BCUT2D eigenvalue weighted by Gasteiger charge is -2.18. The highest BCUT2D eigenvalue weighted by atomic mass is 16.5. The molecule has 82 valence electrons. The standard InChI is InChI=1S/C12H17NO2/c1-12(2,3)13(14)9-10-5-7-11(15-4)8-6-10/h5-9H,1-4H3. The number of methoxy groups -OCH3 is 1. The molecule has 0 amide bonds. The lowest BCUT2D eigenvalue weighted by Crippen LogP contribution is -2.29. The summed E-state index contributed by atoms with van der Waals surface area (Å²) in [7, 11) is 1.62. The zero-order valence-electron chi connectivity index (χ0n) is 9.65. The molecule has 0 aliphatic rings. The van der Waals surface area contributed by atoms with Crippen molar-refractivity contribution in [1.29, 1.82) is 0 Å². The molecule has 15 heavy (non-hydrogen) atoms. The van der Waals surface area contributed by atoms with Gasteiger partial charge in [-0.05, 0) is 24.3 Å². The van der Waals surface area contributed by atoms with E-state index in [1.807, 2.05) is 45.0 Å². The van der Waals surface area contributed by atoms with Crippen molar-refractivity contribution in [2.75, 3.05) is 7.11 Å². The van der Waals surface area contributed by atoms with E-state index in [2.05, 4.69) is 0 Å². The van der Waals surface area contributed by atoms with Crippen molar-refractivity contribution >= 4 is 6.21 Å². The Labute approximate surface area is 90.6 Å². The summed E-state index contributed by atoms with van der Waals surface area (Å²) in [5, 5.41) is 11.6. The van der Waals surface area contributed by atoms with E-state index in [-0.39, 0.29) is 0 Å². The summed E-state index contributed by atoms with van der Waals surface area (Å²) < 4.78 is 5.99. The first-order valence-electron chi connectivity index (χ1n) is 4.89. The molecule has 0 unspecified atom stereocenters. The smallest absolute Gasteiger partial charge is 0.182 e. The third-order valence-corrected chi connectivity index (χ3v) is 2.04. The van der Waals surface area contributed by atoms with Gasteiger partial charge in [-0.25, -0.2) is 4.74 Å². The van der Waals surface area contributed by atoms with E-state index in [4.69, 9.17) is 4.74 Å². The summed E-state index contributed by atoms with van der Waals surface area (Å²) in [5.41, 5.74) is 0.473.